The van der Waals surface area contributed by atoms with E-state index in [1.807, 2.05) is 31.3 Å². The Morgan fingerprint density at radius 2 is 2.28 bits per heavy atom. The van der Waals surface area contributed by atoms with Gasteiger partial charge in [0.1, 0.15) is 0 Å². The monoisotopic (exact) mass is 250 g/mol. The maximum Gasteiger partial charge on any atom is 0.225 e. The summed E-state index contributed by atoms with van der Waals surface area (Å²) in [5, 5.41) is 0. The zero-order valence-electron chi connectivity index (χ0n) is 11.3. The van der Waals surface area contributed by atoms with E-state index in [1.165, 1.54) is 0 Å². The first kappa shape index (κ1) is 13.1. The van der Waals surface area contributed by atoms with Gasteiger partial charge in [-0.25, -0.2) is 4.98 Å². The van der Waals surface area contributed by atoms with Crippen LogP contribution in [0.25, 0.3) is 0 Å². The second kappa shape index (κ2) is 5.10. The van der Waals surface area contributed by atoms with E-state index in [2.05, 4.69) is 16.5 Å². The maximum atomic E-state index is 12.0. The van der Waals surface area contributed by atoms with Crippen molar-refractivity contribution in [1.82, 2.24) is 14.5 Å². The Labute approximate surface area is 108 Å². The fourth-order valence-electron chi connectivity index (χ4n) is 2.76. The largest absolute Gasteiger partial charge is 0.333 e. The van der Waals surface area contributed by atoms with E-state index in [-0.39, 0.29) is 24.0 Å². The van der Waals surface area contributed by atoms with Crippen molar-refractivity contribution in [2.24, 2.45) is 5.73 Å². The standard InChI is InChI=1S/C13H22N4O/c1-4-5-16-8-15-7-11(16)13-10(14)6-12(18)17(13)9(2)3/h7-10,13H,4-6,14H2,1-3H3. The van der Waals surface area contributed by atoms with Gasteiger partial charge in [0.2, 0.25) is 5.91 Å². The molecule has 2 heterocycles. The predicted octanol–water partition coefficient (Wildman–Crippen LogP) is 1.30. The van der Waals surface area contributed by atoms with Crippen LogP contribution < -0.4 is 5.73 Å². The molecule has 1 aromatic heterocycles. The molecule has 5 heteroatoms. The van der Waals surface area contributed by atoms with Gasteiger partial charge in [0, 0.05) is 25.0 Å². The summed E-state index contributed by atoms with van der Waals surface area (Å²) in [6.07, 6.45) is 5.14. The van der Waals surface area contributed by atoms with Gasteiger partial charge in [-0.05, 0) is 20.3 Å². The van der Waals surface area contributed by atoms with Crippen molar-refractivity contribution < 1.29 is 4.79 Å². The van der Waals surface area contributed by atoms with Gasteiger partial charge in [-0.15, -0.1) is 0 Å². The minimum atomic E-state index is -0.132. The maximum absolute atomic E-state index is 12.0. The Balaban J connectivity index is 2.34. The average molecular weight is 250 g/mol. The highest BCUT2D eigenvalue weighted by molar-refractivity contribution is 5.80. The molecule has 2 atom stereocenters. The third-order valence-corrected chi connectivity index (χ3v) is 3.47. The van der Waals surface area contributed by atoms with Crippen LogP contribution in [0.3, 0.4) is 0 Å². The number of aromatic nitrogens is 2. The summed E-state index contributed by atoms with van der Waals surface area (Å²) in [4.78, 5) is 18.1. The normalized spacial score (nSPS) is 24.3. The number of likely N-dealkylation sites (tertiary alicyclic amines) is 1. The number of hydrogen-bond donors (Lipinski definition) is 1. The van der Waals surface area contributed by atoms with Crippen molar-refractivity contribution in [3.05, 3.63) is 18.2 Å². The number of nitrogens with two attached hydrogens (primary N) is 1. The Morgan fingerprint density at radius 3 is 2.89 bits per heavy atom. The van der Waals surface area contributed by atoms with Gasteiger partial charge in [-0.2, -0.15) is 0 Å². The minimum absolute atomic E-state index is 0.0356. The molecule has 1 aromatic rings. The molecule has 5 nitrogen and oxygen atoms in total. The number of carbonyl (C=O) groups excluding carboxylic acids is 1. The molecular weight excluding hydrogens is 228 g/mol. The fourth-order valence-corrected chi connectivity index (χ4v) is 2.76. The highest BCUT2D eigenvalue weighted by Gasteiger charge is 2.41. The van der Waals surface area contributed by atoms with E-state index in [0.29, 0.717) is 6.42 Å². The number of aryl methyl sites for hydroxylation is 1. The third-order valence-electron chi connectivity index (χ3n) is 3.47. The zero-order chi connectivity index (χ0) is 13.3. The van der Waals surface area contributed by atoms with E-state index in [4.69, 9.17) is 5.73 Å². The van der Waals surface area contributed by atoms with Crippen LogP contribution >= 0.6 is 0 Å². The molecule has 1 amide bonds. The molecule has 0 bridgehead atoms. The summed E-state index contributed by atoms with van der Waals surface area (Å²) >= 11 is 0. The second-order valence-electron chi connectivity index (χ2n) is 5.22. The predicted molar refractivity (Wildman–Crippen MR) is 69.8 cm³/mol. The van der Waals surface area contributed by atoms with Crippen molar-refractivity contribution >= 4 is 5.91 Å². The van der Waals surface area contributed by atoms with Gasteiger partial charge >= 0.3 is 0 Å². The van der Waals surface area contributed by atoms with Crippen LogP contribution in [-0.4, -0.2) is 32.4 Å². The summed E-state index contributed by atoms with van der Waals surface area (Å²) in [6.45, 7) is 7.11. The molecular formula is C13H22N4O. The Bertz CT molecular complexity index is 426. The molecule has 1 aliphatic rings. The number of rotatable bonds is 4. The lowest BCUT2D eigenvalue weighted by atomic mass is 10.1. The molecule has 0 saturated carbocycles. The van der Waals surface area contributed by atoms with Crippen molar-refractivity contribution in [2.75, 3.05) is 0 Å². The average Bonchev–Trinajstić information content (AvgIpc) is 2.83. The molecule has 0 radical (unpaired) electrons. The molecule has 18 heavy (non-hydrogen) atoms. The number of imidazole rings is 1. The summed E-state index contributed by atoms with van der Waals surface area (Å²) < 4.78 is 2.11. The van der Waals surface area contributed by atoms with Crippen molar-refractivity contribution in [3.63, 3.8) is 0 Å². The van der Waals surface area contributed by atoms with Crippen LogP contribution in [0.15, 0.2) is 12.5 Å². The van der Waals surface area contributed by atoms with Crippen LogP contribution in [0.5, 0.6) is 0 Å². The Hall–Kier alpha value is -1.36. The first-order valence-corrected chi connectivity index (χ1v) is 6.63. The van der Waals surface area contributed by atoms with Crippen molar-refractivity contribution in [1.29, 1.82) is 0 Å². The molecule has 0 aromatic carbocycles. The van der Waals surface area contributed by atoms with E-state index in [1.54, 1.807) is 0 Å². The van der Waals surface area contributed by atoms with Gasteiger partial charge in [0.25, 0.3) is 0 Å². The Morgan fingerprint density at radius 1 is 1.56 bits per heavy atom. The van der Waals surface area contributed by atoms with Crippen molar-refractivity contribution in [2.45, 2.75) is 58.3 Å². The van der Waals surface area contributed by atoms with E-state index < -0.39 is 0 Å². The molecule has 1 aliphatic heterocycles. The number of carbonyl (C=O) groups is 1. The lowest BCUT2D eigenvalue weighted by Gasteiger charge is -2.30. The molecule has 0 spiro atoms. The smallest absolute Gasteiger partial charge is 0.225 e. The summed E-state index contributed by atoms with van der Waals surface area (Å²) in [6, 6.07) is -0.000201. The molecule has 2 N–H and O–H groups in total. The van der Waals surface area contributed by atoms with Crippen LogP contribution in [0, 0.1) is 0 Å². The van der Waals surface area contributed by atoms with Gasteiger partial charge in [0.15, 0.2) is 0 Å². The zero-order valence-corrected chi connectivity index (χ0v) is 11.3. The highest BCUT2D eigenvalue weighted by Crippen LogP contribution is 2.33. The van der Waals surface area contributed by atoms with E-state index in [9.17, 15) is 4.79 Å². The topological polar surface area (TPSA) is 64.2 Å². The van der Waals surface area contributed by atoms with Gasteiger partial charge in [-0.3, -0.25) is 4.79 Å². The SMILES string of the molecule is CCCn1cncc1C1C(N)CC(=O)N1C(C)C. The second-order valence-corrected chi connectivity index (χ2v) is 5.22. The van der Waals surface area contributed by atoms with Crippen LogP contribution in [0.1, 0.15) is 45.3 Å². The van der Waals surface area contributed by atoms with E-state index >= 15 is 0 Å². The third kappa shape index (κ3) is 2.14. The minimum Gasteiger partial charge on any atom is -0.333 e. The van der Waals surface area contributed by atoms with Crippen LogP contribution in [0.2, 0.25) is 0 Å². The summed E-state index contributed by atoms with van der Waals surface area (Å²) in [7, 11) is 0. The first-order chi connectivity index (χ1) is 8.56. The van der Waals surface area contributed by atoms with E-state index in [0.717, 1.165) is 18.7 Å². The van der Waals surface area contributed by atoms with Crippen LogP contribution in [0.4, 0.5) is 0 Å². The fraction of sp³-hybridized carbons (Fsp3) is 0.692. The number of hydrogen-bond acceptors (Lipinski definition) is 3. The highest BCUT2D eigenvalue weighted by atomic mass is 16.2. The molecule has 1 saturated heterocycles. The number of amides is 1. The van der Waals surface area contributed by atoms with Gasteiger partial charge in [-0.1, -0.05) is 6.92 Å². The van der Waals surface area contributed by atoms with Crippen molar-refractivity contribution in [3.8, 4) is 0 Å². The summed E-state index contributed by atoms with van der Waals surface area (Å²) in [5.74, 6) is 0.145. The Kier molecular flexibility index (Phi) is 3.71. The molecule has 2 unspecified atom stereocenters. The first-order valence-electron chi connectivity index (χ1n) is 6.63. The van der Waals surface area contributed by atoms with Gasteiger partial charge in [0.05, 0.1) is 24.3 Å². The number of nitrogens with zero attached hydrogens (tertiary/aromatic N) is 3. The lowest BCUT2D eigenvalue weighted by molar-refractivity contribution is -0.130. The molecule has 100 valence electrons. The summed E-state index contributed by atoms with van der Waals surface area (Å²) in [5.41, 5.74) is 7.21. The molecule has 0 aliphatic carbocycles. The molecule has 2 rings (SSSR count). The van der Waals surface area contributed by atoms with Crippen LogP contribution in [-0.2, 0) is 11.3 Å². The van der Waals surface area contributed by atoms with Gasteiger partial charge < -0.3 is 15.2 Å². The molecule has 1 fully saturated rings. The quantitative estimate of drug-likeness (QED) is 0.876. The lowest BCUT2D eigenvalue weighted by Crippen LogP contribution is -2.38.